The number of carbonyl (C=O) groups is 2. The third-order valence-corrected chi connectivity index (χ3v) is 4.98. The lowest BCUT2D eigenvalue weighted by Gasteiger charge is -2.17. The van der Waals surface area contributed by atoms with E-state index in [0.29, 0.717) is 16.5 Å². The molecule has 0 saturated carbocycles. The molecule has 1 heterocycles. The second-order valence-corrected chi connectivity index (χ2v) is 6.78. The molecule has 0 aromatic heterocycles. The van der Waals surface area contributed by atoms with Crippen LogP contribution in [-0.4, -0.2) is 17.6 Å². The zero-order valence-electron chi connectivity index (χ0n) is 12.5. The van der Waals surface area contributed by atoms with Crippen LogP contribution in [0.25, 0.3) is 0 Å². The molecule has 0 atom stereocenters. The van der Waals surface area contributed by atoms with E-state index in [4.69, 9.17) is 11.6 Å². The first-order valence-electron chi connectivity index (χ1n) is 7.13. The van der Waals surface area contributed by atoms with E-state index in [0.717, 1.165) is 21.7 Å². The fourth-order valence-corrected chi connectivity index (χ4v) is 3.27. The van der Waals surface area contributed by atoms with Crippen molar-refractivity contribution in [3.63, 3.8) is 0 Å². The van der Waals surface area contributed by atoms with Crippen LogP contribution in [0.3, 0.4) is 0 Å². The van der Waals surface area contributed by atoms with Gasteiger partial charge >= 0.3 is 0 Å². The zero-order chi connectivity index (χ0) is 16.4. The topological polar surface area (TPSA) is 58.2 Å². The Bertz CT molecular complexity index is 792. The molecular weight excluding hydrogens is 332 g/mol. The average Bonchev–Trinajstić information content (AvgIpc) is 2.50. The summed E-state index contributed by atoms with van der Waals surface area (Å²) in [6, 6.07) is 11.1. The maximum Gasteiger partial charge on any atom is 0.234 e. The van der Waals surface area contributed by atoms with Crippen LogP contribution in [0, 0.1) is 6.92 Å². The van der Waals surface area contributed by atoms with Crippen LogP contribution in [0.5, 0.6) is 0 Å². The van der Waals surface area contributed by atoms with Crippen LogP contribution >= 0.6 is 23.4 Å². The van der Waals surface area contributed by atoms with Gasteiger partial charge in [0.05, 0.1) is 17.9 Å². The van der Waals surface area contributed by atoms with E-state index >= 15 is 0 Å². The number of rotatable bonds is 3. The van der Waals surface area contributed by atoms with Crippen molar-refractivity contribution in [2.75, 3.05) is 16.4 Å². The van der Waals surface area contributed by atoms with Crippen molar-refractivity contribution in [3.8, 4) is 0 Å². The first-order chi connectivity index (χ1) is 11.0. The third kappa shape index (κ3) is 3.86. The lowest BCUT2D eigenvalue weighted by atomic mass is 10.1. The van der Waals surface area contributed by atoms with Crippen LogP contribution in [0.15, 0.2) is 41.3 Å². The second kappa shape index (κ2) is 6.64. The summed E-state index contributed by atoms with van der Waals surface area (Å²) in [6.07, 6.45) is 0.235. The highest BCUT2D eigenvalue weighted by molar-refractivity contribution is 8.00. The fraction of sp³-hybridized carbons (Fsp3) is 0.176. The van der Waals surface area contributed by atoms with E-state index in [1.165, 1.54) is 11.8 Å². The number of thioether (sulfide) groups is 1. The molecule has 1 aliphatic heterocycles. The number of anilines is 2. The summed E-state index contributed by atoms with van der Waals surface area (Å²) in [4.78, 5) is 24.6. The summed E-state index contributed by atoms with van der Waals surface area (Å²) in [5.41, 5.74) is 3.26. The molecule has 0 fully saturated rings. The summed E-state index contributed by atoms with van der Waals surface area (Å²) in [6.45, 7) is 1.91. The van der Waals surface area contributed by atoms with E-state index in [9.17, 15) is 9.59 Å². The van der Waals surface area contributed by atoms with Gasteiger partial charge < -0.3 is 10.6 Å². The van der Waals surface area contributed by atoms with Gasteiger partial charge in [-0.25, -0.2) is 0 Å². The predicted molar refractivity (Wildman–Crippen MR) is 94.3 cm³/mol. The van der Waals surface area contributed by atoms with Gasteiger partial charge in [0, 0.05) is 15.6 Å². The van der Waals surface area contributed by atoms with Crippen LogP contribution < -0.4 is 10.6 Å². The molecule has 0 radical (unpaired) electrons. The van der Waals surface area contributed by atoms with Gasteiger partial charge in [-0.3, -0.25) is 9.59 Å². The number of fused-ring (bicyclic) bond motifs is 1. The quantitative estimate of drug-likeness (QED) is 0.886. The molecule has 0 bridgehead atoms. The van der Waals surface area contributed by atoms with Gasteiger partial charge in [-0.15, -0.1) is 11.8 Å². The second-order valence-electron chi connectivity index (χ2n) is 5.36. The summed E-state index contributed by atoms with van der Waals surface area (Å²) in [5, 5.41) is 6.28. The molecule has 4 nitrogen and oxygen atoms in total. The first kappa shape index (κ1) is 15.9. The van der Waals surface area contributed by atoms with Crippen LogP contribution in [0.4, 0.5) is 11.4 Å². The Kier molecular flexibility index (Phi) is 4.59. The lowest BCUT2D eigenvalue weighted by Crippen LogP contribution is -2.19. The number of carbonyl (C=O) groups excluding carboxylic acids is 2. The predicted octanol–water partition coefficient (Wildman–Crippen LogP) is 3.87. The van der Waals surface area contributed by atoms with Crippen molar-refractivity contribution in [3.05, 3.63) is 52.5 Å². The molecule has 118 valence electrons. The minimum Gasteiger partial charge on any atom is -0.326 e. The van der Waals surface area contributed by atoms with E-state index in [1.807, 2.05) is 37.3 Å². The standard InChI is InChI=1S/C17H15ClN2O2S/c1-10-2-4-12(8-13(10)18)19-16(21)7-11-3-5-15-14(6-11)20-17(22)9-23-15/h2-6,8H,7,9H2,1H3,(H,19,21)(H,20,22). The molecule has 23 heavy (non-hydrogen) atoms. The Hall–Kier alpha value is -1.98. The van der Waals surface area contributed by atoms with E-state index in [2.05, 4.69) is 10.6 Å². The molecule has 2 amide bonds. The van der Waals surface area contributed by atoms with E-state index in [-0.39, 0.29) is 18.2 Å². The van der Waals surface area contributed by atoms with E-state index < -0.39 is 0 Å². The number of nitrogens with one attached hydrogen (secondary N) is 2. The highest BCUT2D eigenvalue weighted by Gasteiger charge is 2.16. The van der Waals surface area contributed by atoms with Crippen LogP contribution in [0.2, 0.25) is 5.02 Å². The van der Waals surface area contributed by atoms with Gasteiger partial charge in [0.1, 0.15) is 0 Å². The third-order valence-electron chi connectivity index (χ3n) is 3.50. The van der Waals surface area contributed by atoms with Gasteiger partial charge in [0.2, 0.25) is 11.8 Å². The number of aryl methyl sites for hydroxylation is 1. The van der Waals surface area contributed by atoms with Crippen LogP contribution in [0.1, 0.15) is 11.1 Å². The van der Waals surface area contributed by atoms with Crippen molar-refractivity contribution in [1.82, 2.24) is 0 Å². The smallest absolute Gasteiger partial charge is 0.234 e. The van der Waals surface area contributed by atoms with Crippen molar-refractivity contribution in [1.29, 1.82) is 0 Å². The summed E-state index contributed by atoms with van der Waals surface area (Å²) >= 11 is 7.56. The molecule has 0 saturated heterocycles. The molecule has 2 N–H and O–H groups in total. The average molecular weight is 347 g/mol. The Morgan fingerprint density at radius 1 is 1.30 bits per heavy atom. The maximum absolute atomic E-state index is 12.2. The molecular formula is C17H15ClN2O2S. The van der Waals surface area contributed by atoms with Gasteiger partial charge in [-0.05, 0) is 42.3 Å². The molecule has 2 aromatic rings. The highest BCUT2D eigenvalue weighted by Crippen LogP contribution is 2.32. The largest absolute Gasteiger partial charge is 0.326 e. The van der Waals surface area contributed by atoms with Gasteiger partial charge in [-0.2, -0.15) is 0 Å². The maximum atomic E-state index is 12.2. The molecule has 0 aliphatic carbocycles. The minimum absolute atomic E-state index is 0.0154. The van der Waals surface area contributed by atoms with Gasteiger partial charge in [-0.1, -0.05) is 23.7 Å². The minimum atomic E-state index is -0.125. The number of amides is 2. The van der Waals surface area contributed by atoms with Crippen molar-refractivity contribution < 1.29 is 9.59 Å². The van der Waals surface area contributed by atoms with Gasteiger partial charge in [0.15, 0.2) is 0 Å². The normalized spacial score (nSPS) is 13.2. The molecule has 1 aliphatic rings. The van der Waals surface area contributed by atoms with Crippen molar-refractivity contribution in [2.45, 2.75) is 18.2 Å². The molecule has 6 heteroatoms. The first-order valence-corrected chi connectivity index (χ1v) is 8.49. The Balaban J connectivity index is 1.69. The lowest BCUT2D eigenvalue weighted by molar-refractivity contribution is -0.115. The SMILES string of the molecule is Cc1ccc(NC(=O)Cc2ccc3c(c2)NC(=O)CS3)cc1Cl. The summed E-state index contributed by atoms with van der Waals surface area (Å²) in [7, 11) is 0. The fourth-order valence-electron chi connectivity index (χ4n) is 2.30. The molecule has 0 unspecified atom stereocenters. The number of hydrogen-bond donors (Lipinski definition) is 2. The van der Waals surface area contributed by atoms with Crippen molar-refractivity contribution in [2.24, 2.45) is 0 Å². The number of hydrogen-bond acceptors (Lipinski definition) is 3. The number of benzene rings is 2. The molecule has 2 aromatic carbocycles. The number of halogens is 1. The highest BCUT2D eigenvalue weighted by atomic mass is 35.5. The summed E-state index contributed by atoms with van der Waals surface area (Å²) in [5.74, 6) is 0.291. The Labute approximate surface area is 143 Å². The zero-order valence-corrected chi connectivity index (χ0v) is 14.1. The molecule has 3 rings (SSSR count). The Morgan fingerprint density at radius 3 is 2.91 bits per heavy atom. The van der Waals surface area contributed by atoms with Gasteiger partial charge in [0.25, 0.3) is 0 Å². The summed E-state index contributed by atoms with van der Waals surface area (Å²) < 4.78 is 0. The van der Waals surface area contributed by atoms with E-state index in [1.54, 1.807) is 6.07 Å². The monoisotopic (exact) mass is 346 g/mol. The molecule has 0 spiro atoms. The van der Waals surface area contributed by atoms with Crippen LogP contribution in [-0.2, 0) is 16.0 Å². The van der Waals surface area contributed by atoms with Crippen molar-refractivity contribution >= 4 is 46.6 Å². The Morgan fingerprint density at radius 2 is 2.13 bits per heavy atom.